The molecule has 1 aromatic heterocycles. The molecule has 4 rings (SSSR count). The zero-order chi connectivity index (χ0) is 22.9. The van der Waals surface area contributed by atoms with Crippen molar-refractivity contribution < 1.29 is 17.6 Å². The third-order valence-corrected chi connectivity index (χ3v) is 6.23. The molecule has 0 saturated heterocycles. The van der Waals surface area contributed by atoms with E-state index < -0.39 is 17.6 Å². The Hall–Kier alpha value is -2.55. The molecule has 0 spiro atoms. The fourth-order valence-corrected chi connectivity index (χ4v) is 4.56. The average molecular weight is 498 g/mol. The van der Waals surface area contributed by atoms with Crippen molar-refractivity contribution in [2.45, 2.75) is 17.1 Å². The molecule has 32 heavy (non-hydrogen) atoms. The summed E-state index contributed by atoms with van der Waals surface area (Å²) in [5.74, 6) is -0.121. The van der Waals surface area contributed by atoms with E-state index in [-0.39, 0.29) is 33.0 Å². The number of nitrogens with zero attached hydrogens (tertiary/aromatic N) is 3. The largest absolute Gasteiger partial charge is 0.416 e. The SMILES string of the molecule is Fc1cccc(Cl)c1CSc1nnc(-c2ccccc2Cl)n1-c1cccc(C(F)(F)F)c1. The molecule has 0 fully saturated rings. The van der Waals surface area contributed by atoms with Gasteiger partial charge in [-0.05, 0) is 42.5 Å². The minimum atomic E-state index is -4.53. The zero-order valence-corrected chi connectivity index (χ0v) is 18.4. The van der Waals surface area contributed by atoms with Gasteiger partial charge in [0.2, 0.25) is 0 Å². The Kier molecular flexibility index (Phi) is 6.46. The van der Waals surface area contributed by atoms with Crippen LogP contribution in [0.25, 0.3) is 17.1 Å². The lowest BCUT2D eigenvalue weighted by atomic mass is 10.1. The van der Waals surface area contributed by atoms with E-state index in [0.717, 1.165) is 23.9 Å². The molecule has 0 N–H and O–H groups in total. The minimum Gasteiger partial charge on any atom is -0.270 e. The van der Waals surface area contributed by atoms with Crippen molar-refractivity contribution in [2.24, 2.45) is 0 Å². The maximum Gasteiger partial charge on any atom is 0.416 e. The Morgan fingerprint density at radius 1 is 0.875 bits per heavy atom. The Morgan fingerprint density at radius 3 is 2.31 bits per heavy atom. The maximum atomic E-state index is 14.2. The highest BCUT2D eigenvalue weighted by atomic mass is 35.5. The number of rotatable bonds is 5. The molecule has 0 aliphatic heterocycles. The van der Waals surface area contributed by atoms with Crippen LogP contribution >= 0.6 is 35.0 Å². The third-order valence-electron chi connectivity index (χ3n) is 4.59. The van der Waals surface area contributed by atoms with Crippen molar-refractivity contribution in [1.82, 2.24) is 14.8 Å². The summed E-state index contributed by atoms with van der Waals surface area (Å²) in [5, 5.41) is 9.19. The normalized spacial score (nSPS) is 11.7. The Morgan fingerprint density at radius 2 is 1.59 bits per heavy atom. The van der Waals surface area contributed by atoms with E-state index >= 15 is 0 Å². The summed E-state index contributed by atoms with van der Waals surface area (Å²) in [5.41, 5.74) is 0.135. The van der Waals surface area contributed by atoms with Gasteiger partial charge in [0.1, 0.15) is 5.82 Å². The van der Waals surface area contributed by atoms with Gasteiger partial charge in [0.25, 0.3) is 0 Å². The first-order valence-corrected chi connectivity index (χ1v) is 10.9. The molecular weight excluding hydrogens is 485 g/mol. The Balaban J connectivity index is 1.82. The highest BCUT2D eigenvalue weighted by Crippen LogP contribution is 2.36. The highest BCUT2D eigenvalue weighted by molar-refractivity contribution is 7.98. The van der Waals surface area contributed by atoms with Crippen molar-refractivity contribution in [3.05, 3.63) is 93.7 Å². The van der Waals surface area contributed by atoms with Crippen molar-refractivity contribution in [2.75, 3.05) is 0 Å². The van der Waals surface area contributed by atoms with Crippen LogP contribution in [0.4, 0.5) is 17.6 Å². The first-order valence-electron chi connectivity index (χ1n) is 9.19. The molecule has 4 aromatic rings. The Labute approximate surface area is 195 Å². The highest BCUT2D eigenvalue weighted by Gasteiger charge is 2.31. The lowest BCUT2D eigenvalue weighted by molar-refractivity contribution is -0.137. The lowest BCUT2D eigenvalue weighted by Gasteiger charge is -2.14. The van der Waals surface area contributed by atoms with Crippen molar-refractivity contribution in [3.63, 3.8) is 0 Å². The van der Waals surface area contributed by atoms with E-state index in [2.05, 4.69) is 10.2 Å². The van der Waals surface area contributed by atoms with E-state index in [1.807, 2.05) is 0 Å². The minimum absolute atomic E-state index is 0.102. The monoisotopic (exact) mass is 497 g/mol. The number of hydrogen-bond donors (Lipinski definition) is 0. The molecule has 1 heterocycles. The van der Waals surface area contributed by atoms with E-state index in [9.17, 15) is 17.6 Å². The van der Waals surface area contributed by atoms with Gasteiger partial charge in [-0.25, -0.2) is 4.39 Å². The van der Waals surface area contributed by atoms with Crippen LogP contribution in [0.5, 0.6) is 0 Å². The van der Waals surface area contributed by atoms with Gasteiger partial charge < -0.3 is 0 Å². The molecule has 0 atom stereocenters. The second-order valence-electron chi connectivity index (χ2n) is 6.66. The second kappa shape index (κ2) is 9.13. The number of aromatic nitrogens is 3. The van der Waals surface area contributed by atoms with Crippen LogP contribution in [0.1, 0.15) is 11.1 Å². The molecule has 0 aliphatic rings. The third kappa shape index (κ3) is 4.62. The molecule has 0 aliphatic carbocycles. The number of thioether (sulfide) groups is 1. The van der Waals surface area contributed by atoms with Crippen LogP contribution < -0.4 is 0 Å². The van der Waals surface area contributed by atoms with Crippen LogP contribution in [0.15, 0.2) is 71.9 Å². The zero-order valence-electron chi connectivity index (χ0n) is 16.1. The van der Waals surface area contributed by atoms with E-state index in [4.69, 9.17) is 23.2 Å². The first kappa shape index (κ1) is 22.6. The molecule has 0 unspecified atom stereocenters. The van der Waals surface area contributed by atoms with Crippen LogP contribution in [-0.4, -0.2) is 14.8 Å². The molecule has 0 amide bonds. The fourth-order valence-electron chi connectivity index (χ4n) is 3.04. The number of alkyl halides is 3. The van der Waals surface area contributed by atoms with Gasteiger partial charge in [0.05, 0.1) is 16.3 Å². The summed E-state index contributed by atoms with van der Waals surface area (Å²) in [7, 11) is 0. The predicted octanol–water partition coefficient (Wildman–Crippen LogP) is 7.69. The molecule has 164 valence electrons. The summed E-state index contributed by atoms with van der Waals surface area (Å²) < 4.78 is 55.7. The fraction of sp³-hybridized carbons (Fsp3) is 0.0909. The van der Waals surface area contributed by atoms with Crippen molar-refractivity contribution >= 4 is 35.0 Å². The Bertz CT molecular complexity index is 1250. The molecule has 3 aromatic carbocycles. The van der Waals surface area contributed by atoms with Crippen LogP contribution in [0.3, 0.4) is 0 Å². The molecule has 10 heteroatoms. The van der Waals surface area contributed by atoms with Gasteiger partial charge in [-0.1, -0.05) is 59.2 Å². The van der Waals surface area contributed by atoms with Gasteiger partial charge in [-0.3, -0.25) is 4.57 Å². The summed E-state index contributed by atoms with van der Waals surface area (Å²) in [4.78, 5) is 0. The van der Waals surface area contributed by atoms with Crippen molar-refractivity contribution in [3.8, 4) is 17.1 Å². The topological polar surface area (TPSA) is 30.7 Å². The number of halogens is 6. The number of benzene rings is 3. The van der Waals surface area contributed by atoms with E-state index in [1.165, 1.54) is 28.8 Å². The van der Waals surface area contributed by atoms with Gasteiger partial charge in [0.15, 0.2) is 11.0 Å². The summed E-state index contributed by atoms with van der Waals surface area (Å²) >= 11 is 13.5. The maximum absolute atomic E-state index is 14.2. The molecule has 0 saturated carbocycles. The van der Waals surface area contributed by atoms with Gasteiger partial charge in [-0.15, -0.1) is 10.2 Å². The molecule has 0 bridgehead atoms. The predicted molar refractivity (Wildman–Crippen MR) is 118 cm³/mol. The molecule has 3 nitrogen and oxygen atoms in total. The summed E-state index contributed by atoms with van der Waals surface area (Å²) in [6.07, 6.45) is -4.53. The summed E-state index contributed by atoms with van der Waals surface area (Å²) in [6, 6.07) is 15.9. The standard InChI is InChI=1S/C22H13Cl2F4N3S/c23-17-8-2-1-7-15(17)20-29-30-21(32-12-16-18(24)9-4-10-19(16)25)31(20)14-6-3-5-13(11-14)22(26,27)28/h1-11H,12H2. The van der Waals surface area contributed by atoms with Crippen molar-refractivity contribution in [1.29, 1.82) is 0 Å². The molecule has 0 radical (unpaired) electrons. The quantitative estimate of drug-likeness (QED) is 0.209. The van der Waals surface area contributed by atoms with E-state index in [0.29, 0.717) is 10.6 Å². The van der Waals surface area contributed by atoms with Gasteiger partial charge in [-0.2, -0.15) is 13.2 Å². The lowest BCUT2D eigenvalue weighted by Crippen LogP contribution is -2.07. The van der Waals surface area contributed by atoms with Gasteiger partial charge >= 0.3 is 6.18 Å². The average Bonchev–Trinajstić information content (AvgIpc) is 3.17. The van der Waals surface area contributed by atoms with Crippen LogP contribution in [0, 0.1) is 5.82 Å². The van der Waals surface area contributed by atoms with E-state index in [1.54, 1.807) is 30.3 Å². The van der Waals surface area contributed by atoms with Crippen LogP contribution in [-0.2, 0) is 11.9 Å². The summed E-state index contributed by atoms with van der Waals surface area (Å²) in [6.45, 7) is 0. The molecular formula is C22H13Cl2F4N3S. The van der Waals surface area contributed by atoms with Gasteiger partial charge in [0, 0.05) is 21.9 Å². The first-order chi connectivity index (χ1) is 15.3. The van der Waals surface area contributed by atoms with Crippen LogP contribution in [0.2, 0.25) is 10.0 Å². The smallest absolute Gasteiger partial charge is 0.270 e. The second-order valence-corrected chi connectivity index (χ2v) is 8.42. The number of hydrogen-bond acceptors (Lipinski definition) is 3.